The van der Waals surface area contributed by atoms with Crippen molar-refractivity contribution in [2.75, 3.05) is 32.1 Å². The van der Waals surface area contributed by atoms with Gasteiger partial charge in [-0.15, -0.1) is 0 Å². The molecule has 0 amide bonds. The van der Waals surface area contributed by atoms with Crippen LogP contribution in [0.2, 0.25) is 0 Å². The quantitative estimate of drug-likeness (QED) is 0.580. The zero-order valence-electron chi connectivity index (χ0n) is 19.0. The van der Waals surface area contributed by atoms with Crippen LogP contribution in [0.3, 0.4) is 0 Å². The molecule has 9 heteroatoms. The number of nitrogens with two attached hydrogens (primary N) is 1. The first-order chi connectivity index (χ1) is 16.0. The summed E-state index contributed by atoms with van der Waals surface area (Å²) in [5.74, 6) is 1.97. The molecule has 176 valence electrons. The molecule has 5 rings (SSSR count). The molecule has 0 atom stereocenters. The first kappa shape index (κ1) is 21.9. The Hall–Kier alpha value is -2.91. The van der Waals surface area contributed by atoms with Gasteiger partial charge in [-0.3, -0.25) is 14.3 Å². The van der Waals surface area contributed by atoms with Crippen molar-refractivity contribution in [1.29, 1.82) is 0 Å². The molecule has 1 saturated carbocycles. The topological polar surface area (TPSA) is 112 Å². The van der Waals surface area contributed by atoms with Gasteiger partial charge in [-0.2, -0.15) is 4.98 Å². The average molecular weight is 454 g/mol. The van der Waals surface area contributed by atoms with Crippen molar-refractivity contribution < 1.29 is 14.3 Å². The maximum Gasteiger partial charge on any atom is 0.350 e. The number of aromatic nitrogens is 2. The molecule has 9 nitrogen and oxygen atoms in total. The van der Waals surface area contributed by atoms with Crippen LogP contribution in [0.1, 0.15) is 56.0 Å². The molecule has 0 spiro atoms. The van der Waals surface area contributed by atoms with Gasteiger partial charge >= 0.3 is 11.7 Å². The molecule has 1 aliphatic carbocycles. The molecular weight excluding hydrogens is 422 g/mol. The zero-order chi connectivity index (χ0) is 22.9. The maximum atomic E-state index is 12.7. The predicted molar refractivity (Wildman–Crippen MR) is 124 cm³/mol. The Balaban J connectivity index is 1.29. The molecule has 33 heavy (non-hydrogen) atoms. The van der Waals surface area contributed by atoms with Crippen LogP contribution in [0.5, 0.6) is 11.5 Å². The van der Waals surface area contributed by atoms with Crippen molar-refractivity contribution in [3.63, 3.8) is 0 Å². The Bertz CT molecular complexity index is 1080. The summed E-state index contributed by atoms with van der Waals surface area (Å²) in [6, 6.07) is 6.53. The van der Waals surface area contributed by atoms with E-state index < -0.39 is 0 Å². The normalized spacial score (nSPS) is 23.1. The Morgan fingerprint density at radius 1 is 1.18 bits per heavy atom. The summed E-state index contributed by atoms with van der Waals surface area (Å²) < 4.78 is 12.6. The van der Waals surface area contributed by atoms with Crippen LogP contribution in [-0.2, 0) is 9.53 Å². The number of benzene rings is 1. The minimum absolute atomic E-state index is 0.118. The van der Waals surface area contributed by atoms with Gasteiger partial charge < -0.3 is 20.5 Å². The Labute approximate surface area is 192 Å². The minimum Gasteiger partial charge on any atom is -0.468 e. The molecule has 3 heterocycles. The SMILES string of the molecule is COC(=O)CN1CCC(c2ccc3c(c2)Nc2nc(=O)n(C4CCC(N)CC4)cc2O3)CC1. The lowest BCUT2D eigenvalue weighted by Gasteiger charge is -2.32. The van der Waals surface area contributed by atoms with Crippen molar-refractivity contribution in [1.82, 2.24) is 14.5 Å². The van der Waals surface area contributed by atoms with Crippen molar-refractivity contribution in [3.05, 3.63) is 40.4 Å². The third-order valence-electron chi connectivity index (χ3n) is 7.17. The van der Waals surface area contributed by atoms with Crippen LogP contribution in [0, 0.1) is 0 Å². The number of hydrogen-bond acceptors (Lipinski definition) is 8. The third kappa shape index (κ3) is 4.60. The van der Waals surface area contributed by atoms with E-state index in [-0.39, 0.29) is 23.7 Å². The summed E-state index contributed by atoms with van der Waals surface area (Å²) >= 11 is 0. The number of hydrogen-bond donors (Lipinski definition) is 2. The summed E-state index contributed by atoms with van der Waals surface area (Å²) in [7, 11) is 1.42. The molecule has 2 aromatic rings. The monoisotopic (exact) mass is 453 g/mol. The number of carbonyl (C=O) groups is 1. The fourth-order valence-electron chi connectivity index (χ4n) is 5.16. The van der Waals surface area contributed by atoms with Gasteiger partial charge in [0.15, 0.2) is 17.3 Å². The number of rotatable bonds is 4. The molecule has 1 aromatic heterocycles. The van der Waals surface area contributed by atoms with E-state index in [2.05, 4.69) is 27.3 Å². The van der Waals surface area contributed by atoms with E-state index >= 15 is 0 Å². The number of nitrogens with zero attached hydrogens (tertiary/aromatic N) is 3. The van der Waals surface area contributed by atoms with Gasteiger partial charge in [0, 0.05) is 12.1 Å². The van der Waals surface area contributed by atoms with Crippen LogP contribution in [0.4, 0.5) is 11.5 Å². The number of esters is 1. The minimum atomic E-state index is -0.261. The molecule has 0 bridgehead atoms. The largest absolute Gasteiger partial charge is 0.468 e. The lowest BCUT2D eigenvalue weighted by Crippen LogP contribution is -2.37. The van der Waals surface area contributed by atoms with Gasteiger partial charge in [-0.1, -0.05) is 6.07 Å². The highest BCUT2D eigenvalue weighted by Crippen LogP contribution is 2.43. The second-order valence-electron chi connectivity index (χ2n) is 9.32. The maximum absolute atomic E-state index is 12.7. The lowest BCUT2D eigenvalue weighted by atomic mass is 9.89. The Morgan fingerprint density at radius 2 is 1.94 bits per heavy atom. The highest BCUT2D eigenvalue weighted by Gasteiger charge is 2.27. The van der Waals surface area contributed by atoms with Crippen LogP contribution in [0.15, 0.2) is 29.2 Å². The van der Waals surface area contributed by atoms with E-state index in [9.17, 15) is 9.59 Å². The van der Waals surface area contributed by atoms with Gasteiger partial charge in [-0.25, -0.2) is 4.79 Å². The van der Waals surface area contributed by atoms with Crippen LogP contribution in [-0.4, -0.2) is 53.2 Å². The summed E-state index contributed by atoms with van der Waals surface area (Å²) in [5.41, 5.74) is 7.80. The summed E-state index contributed by atoms with van der Waals surface area (Å²) in [6.45, 7) is 2.06. The molecule has 0 radical (unpaired) electrons. The first-order valence-corrected chi connectivity index (χ1v) is 11.8. The molecule has 1 aromatic carbocycles. The standard InChI is InChI=1S/C24H31N5O4/c1-32-22(30)14-28-10-8-15(9-11-28)16-2-7-20-19(12-16)26-23-21(33-20)13-29(24(31)27-23)18-5-3-17(25)4-6-18/h2,7,12-13,15,17-18H,3-6,8-11,14,25H2,1H3,(H,26,27,31). The van der Waals surface area contributed by atoms with E-state index in [1.165, 1.54) is 12.7 Å². The number of ether oxygens (including phenoxy) is 2. The van der Waals surface area contributed by atoms with Gasteiger partial charge in [0.1, 0.15) is 0 Å². The van der Waals surface area contributed by atoms with Gasteiger partial charge in [-0.05, 0) is 75.2 Å². The summed E-state index contributed by atoms with van der Waals surface area (Å²) in [6.07, 6.45) is 7.33. The molecule has 2 fully saturated rings. The van der Waals surface area contributed by atoms with Crippen molar-refractivity contribution >= 4 is 17.5 Å². The smallest absolute Gasteiger partial charge is 0.350 e. The van der Waals surface area contributed by atoms with Crippen molar-refractivity contribution in [2.45, 2.75) is 56.5 Å². The Morgan fingerprint density at radius 3 is 2.67 bits per heavy atom. The zero-order valence-corrected chi connectivity index (χ0v) is 19.0. The Kier molecular flexibility index (Phi) is 6.07. The number of nitrogens with one attached hydrogen (secondary N) is 1. The van der Waals surface area contributed by atoms with Gasteiger partial charge in [0.05, 0.1) is 25.5 Å². The van der Waals surface area contributed by atoms with E-state index in [4.69, 9.17) is 15.2 Å². The van der Waals surface area contributed by atoms with Crippen LogP contribution >= 0.6 is 0 Å². The summed E-state index contributed by atoms with van der Waals surface area (Å²) in [5, 5.41) is 3.30. The lowest BCUT2D eigenvalue weighted by molar-refractivity contribution is -0.142. The second-order valence-corrected chi connectivity index (χ2v) is 9.32. The summed E-state index contributed by atoms with van der Waals surface area (Å²) in [4.78, 5) is 30.7. The molecule has 3 N–H and O–H groups in total. The van der Waals surface area contributed by atoms with Gasteiger partial charge in [0.2, 0.25) is 0 Å². The fraction of sp³-hybridized carbons (Fsp3) is 0.542. The fourth-order valence-corrected chi connectivity index (χ4v) is 5.16. The number of methoxy groups -OCH3 is 1. The molecule has 3 aliphatic rings. The van der Waals surface area contributed by atoms with E-state index in [1.807, 2.05) is 6.07 Å². The highest BCUT2D eigenvalue weighted by molar-refractivity contribution is 5.73. The molecule has 2 aliphatic heterocycles. The van der Waals surface area contributed by atoms with Crippen molar-refractivity contribution in [3.8, 4) is 11.5 Å². The highest BCUT2D eigenvalue weighted by atomic mass is 16.5. The molecule has 1 saturated heterocycles. The number of fused-ring (bicyclic) bond motifs is 2. The van der Waals surface area contributed by atoms with Crippen molar-refractivity contribution in [2.24, 2.45) is 5.73 Å². The van der Waals surface area contributed by atoms with E-state index in [0.717, 1.165) is 63.1 Å². The number of anilines is 2. The van der Waals surface area contributed by atoms with Crippen LogP contribution in [0.25, 0.3) is 0 Å². The predicted octanol–water partition coefficient (Wildman–Crippen LogP) is 2.89. The number of piperidine rings is 1. The second kappa shape index (κ2) is 9.15. The average Bonchev–Trinajstić information content (AvgIpc) is 2.83. The van der Waals surface area contributed by atoms with Gasteiger partial charge in [0.25, 0.3) is 0 Å². The molecule has 0 unspecified atom stereocenters. The van der Waals surface area contributed by atoms with Crippen LogP contribution < -0.4 is 21.5 Å². The van der Waals surface area contributed by atoms with E-state index in [1.54, 1.807) is 10.8 Å². The number of likely N-dealkylation sites (tertiary alicyclic amines) is 1. The third-order valence-corrected chi connectivity index (χ3v) is 7.17. The van der Waals surface area contributed by atoms with E-state index in [0.29, 0.717) is 24.0 Å². The first-order valence-electron chi connectivity index (χ1n) is 11.8. The number of carbonyl (C=O) groups excluding carboxylic acids is 1. The molecular formula is C24H31N5O4.